The van der Waals surface area contributed by atoms with Gasteiger partial charge < -0.3 is 14.8 Å². The summed E-state index contributed by atoms with van der Waals surface area (Å²) in [6, 6.07) is 5.09. The predicted molar refractivity (Wildman–Crippen MR) is 69.7 cm³/mol. The minimum absolute atomic E-state index is 0.0196. The summed E-state index contributed by atoms with van der Waals surface area (Å²) in [4.78, 5) is 14.6. The van der Waals surface area contributed by atoms with Crippen molar-refractivity contribution in [2.75, 3.05) is 0 Å². The zero-order valence-corrected chi connectivity index (χ0v) is 10.4. The molecule has 4 nitrogen and oxygen atoms in total. The first-order valence-electron chi connectivity index (χ1n) is 6.21. The molecule has 4 heteroatoms. The number of aromatic amines is 1. The lowest BCUT2D eigenvalue weighted by molar-refractivity contribution is -0.134. The van der Waals surface area contributed by atoms with E-state index in [4.69, 9.17) is 4.74 Å². The molecular weight excluding hydrogens is 230 g/mol. The van der Waals surface area contributed by atoms with Crippen molar-refractivity contribution in [3.8, 4) is 11.5 Å². The molecule has 0 bridgehead atoms. The number of aromatic nitrogens is 1. The number of phenolic OH excluding ortho intramolecular Hbond substituents is 1. The standard InChI is InChI=1S/C14H17NO3/c1-2-3-4-5-14(17)18-13-8-10-6-7-15-11(10)9-12(13)16/h6-9,15-16H,2-5H2,1H3. The molecular formula is C14H17NO3. The Hall–Kier alpha value is -1.97. The second-order valence-electron chi connectivity index (χ2n) is 4.32. The van der Waals surface area contributed by atoms with Crippen molar-refractivity contribution in [2.24, 2.45) is 0 Å². The van der Waals surface area contributed by atoms with Gasteiger partial charge in [-0.2, -0.15) is 0 Å². The fourth-order valence-corrected chi connectivity index (χ4v) is 1.84. The summed E-state index contributed by atoms with van der Waals surface area (Å²) in [6.45, 7) is 2.08. The molecule has 96 valence electrons. The van der Waals surface area contributed by atoms with Gasteiger partial charge in [0.1, 0.15) is 0 Å². The molecule has 0 fully saturated rings. The molecule has 2 N–H and O–H groups in total. The molecule has 0 saturated carbocycles. The minimum atomic E-state index is -0.298. The van der Waals surface area contributed by atoms with Gasteiger partial charge in [0.15, 0.2) is 11.5 Å². The van der Waals surface area contributed by atoms with Crippen LogP contribution < -0.4 is 4.74 Å². The van der Waals surface area contributed by atoms with Crippen molar-refractivity contribution < 1.29 is 14.6 Å². The van der Waals surface area contributed by atoms with Crippen molar-refractivity contribution in [3.63, 3.8) is 0 Å². The van der Waals surface area contributed by atoms with Gasteiger partial charge in [-0.05, 0) is 18.6 Å². The van der Waals surface area contributed by atoms with Gasteiger partial charge in [-0.3, -0.25) is 4.79 Å². The number of aromatic hydroxyl groups is 1. The van der Waals surface area contributed by atoms with Crippen molar-refractivity contribution >= 4 is 16.9 Å². The first kappa shape index (κ1) is 12.5. The summed E-state index contributed by atoms with van der Waals surface area (Å²) in [6.07, 6.45) is 5.06. The van der Waals surface area contributed by atoms with E-state index in [1.165, 1.54) is 0 Å². The number of nitrogens with one attached hydrogen (secondary N) is 1. The van der Waals surface area contributed by atoms with Crippen LogP contribution in [0.15, 0.2) is 24.4 Å². The van der Waals surface area contributed by atoms with Crippen LogP contribution in [0.25, 0.3) is 10.9 Å². The van der Waals surface area contributed by atoms with Crippen LogP contribution in [-0.4, -0.2) is 16.1 Å². The summed E-state index contributed by atoms with van der Waals surface area (Å²) in [7, 11) is 0. The SMILES string of the molecule is CCCCCC(=O)Oc1cc2cc[nH]c2cc1O. The lowest BCUT2D eigenvalue weighted by atomic mass is 10.2. The molecule has 0 unspecified atom stereocenters. The van der Waals surface area contributed by atoms with Crippen molar-refractivity contribution in [1.29, 1.82) is 0 Å². The van der Waals surface area contributed by atoms with E-state index in [1.54, 1.807) is 18.3 Å². The third kappa shape index (κ3) is 2.83. The third-order valence-electron chi connectivity index (χ3n) is 2.84. The molecule has 0 radical (unpaired) electrons. The number of unbranched alkanes of at least 4 members (excludes halogenated alkanes) is 2. The highest BCUT2D eigenvalue weighted by Gasteiger charge is 2.10. The number of ether oxygens (including phenoxy) is 1. The number of carbonyl (C=O) groups excluding carboxylic acids is 1. The summed E-state index contributed by atoms with van der Waals surface area (Å²) in [5, 5.41) is 10.7. The van der Waals surface area contributed by atoms with Gasteiger partial charge in [0.05, 0.1) is 0 Å². The number of carbonyl (C=O) groups is 1. The van der Waals surface area contributed by atoms with Crippen LogP contribution in [0.1, 0.15) is 32.6 Å². The van der Waals surface area contributed by atoms with Gasteiger partial charge in [-0.25, -0.2) is 0 Å². The number of H-pyrrole nitrogens is 1. The minimum Gasteiger partial charge on any atom is -0.504 e. The molecule has 18 heavy (non-hydrogen) atoms. The van der Waals surface area contributed by atoms with Crippen LogP contribution in [-0.2, 0) is 4.79 Å². The highest BCUT2D eigenvalue weighted by molar-refractivity contribution is 5.84. The number of rotatable bonds is 5. The average molecular weight is 247 g/mol. The maximum Gasteiger partial charge on any atom is 0.311 e. The number of phenols is 1. The number of esters is 1. The van der Waals surface area contributed by atoms with E-state index < -0.39 is 0 Å². The number of hydrogen-bond donors (Lipinski definition) is 2. The van der Waals surface area contributed by atoms with Gasteiger partial charge >= 0.3 is 5.97 Å². The van der Waals surface area contributed by atoms with E-state index in [9.17, 15) is 9.90 Å². The molecule has 0 saturated heterocycles. The van der Waals surface area contributed by atoms with E-state index in [2.05, 4.69) is 11.9 Å². The van der Waals surface area contributed by atoms with Crippen LogP contribution in [0.4, 0.5) is 0 Å². The van der Waals surface area contributed by atoms with E-state index >= 15 is 0 Å². The Labute approximate surface area is 106 Å². The normalized spacial score (nSPS) is 10.7. The summed E-state index contributed by atoms with van der Waals surface area (Å²) < 4.78 is 5.17. The molecule has 1 aromatic carbocycles. The third-order valence-corrected chi connectivity index (χ3v) is 2.84. The summed E-state index contributed by atoms with van der Waals surface area (Å²) in [5.74, 6) is -0.0916. The molecule has 0 aliphatic rings. The smallest absolute Gasteiger partial charge is 0.311 e. The van der Waals surface area contributed by atoms with Gasteiger partial charge in [0.25, 0.3) is 0 Å². The van der Waals surface area contributed by atoms with E-state index in [-0.39, 0.29) is 17.5 Å². The molecule has 0 aliphatic carbocycles. The zero-order chi connectivity index (χ0) is 13.0. The Morgan fingerprint density at radius 1 is 1.39 bits per heavy atom. The lowest BCUT2D eigenvalue weighted by Gasteiger charge is -2.06. The molecule has 1 heterocycles. The van der Waals surface area contributed by atoms with E-state index in [0.717, 1.165) is 30.2 Å². The van der Waals surface area contributed by atoms with E-state index in [1.807, 2.05) is 6.07 Å². The Morgan fingerprint density at radius 3 is 3.00 bits per heavy atom. The second kappa shape index (κ2) is 5.58. The quantitative estimate of drug-likeness (QED) is 0.484. The number of fused-ring (bicyclic) bond motifs is 1. The Balaban J connectivity index is 2.06. The average Bonchev–Trinajstić information content (AvgIpc) is 2.77. The molecule has 0 atom stereocenters. The van der Waals surface area contributed by atoms with Gasteiger partial charge in [-0.1, -0.05) is 19.8 Å². The Bertz CT molecular complexity index is 545. The van der Waals surface area contributed by atoms with Crippen molar-refractivity contribution in [1.82, 2.24) is 4.98 Å². The van der Waals surface area contributed by atoms with Gasteiger partial charge in [-0.15, -0.1) is 0 Å². The Morgan fingerprint density at radius 2 is 2.22 bits per heavy atom. The predicted octanol–water partition coefficient (Wildman–Crippen LogP) is 3.36. The maximum absolute atomic E-state index is 11.6. The largest absolute Gasteiger partial charge is 0.504 e. The van der Waals surface area contributed by atoms with Crippen molar-refractivity contribution in [3.05, 3.63) is 24.4 Å². The first-order chi connectivity index (χ1) is 8.70. The van der Waals surface area contributed by atoms with Crippen LogP contribution in [0, 0.1) is 0 Å². The molecule has 1 aromatic heterocycles. The molecule has 0 spiro atoms. The first-order valence-corrected chi connectivity index (χ1v) is 6.21. The lowest BCUT2D eigenvalue weighted by Crippen LogP contribution is -2.07. The zero-order valence-electron chi connectivity index (χ0n) is 10.4. The van der Waals surface area contributed by atoms with Gasteiger partial charge in [0.2, 0.25) is 0 Å². The number of benzene rings is 1. The van der Waals surface area contributed by atoms with Crippen LogP contribution in [0.3, 0.4) is 0 Å². The fraction of sp³-hybridized carbons (Fsp3) is 0.357. The maximum atomic E-state index is 11.6. The van der Waals surface area contributed by atoms with Crippen LogP contribution in [0.5, 0.6) is 11.5 Å². The van der Waals surface area contributed by atoms with Crippen molar-refractivity contribution in [2.45, 2.75) is 32.6 Å². The summed E-state index contributed by atoms with van der Waals surface area (Å²) in [5.41, 5.74) is 0.818. The second-order valence-corrected chi connectivity index (χ2v) is 4.32. The van der Waals surface area contributed by atoms with Gasteiger partial charge in [0, 0.05) is 29.6 Å². The molecule has 0 aliphatic heterocycles. The molecule has 0 amide bonds. The van der Waals surface area contributed by atoms with E-state index in [0.29, 0.717) is 6.42 Å². The highest BCUT2D eigenvalue weighted by Crippen LogP contribution is 2.31. The molecule has 2 aromatic rings. The monoisotopic (exact) mass is 247 g/mol. The van der Waals surface area contributed by atoms with Crippen LogP contribution >= 0.6 is 0 Å². The molecule has 2 rings (SSSR count). The Kier molecular flexibility index (Phi) is 3.87. The highest BCUT2D eigenvalue weighted by atomic mass is 16.5. The van der Waals surface area contributed by atoms with Crippen LogP contribution in [0.2, 0.25) is 0 Å². The number of hydrogen-bond acceptors (Lipinski definition) is 3. The topological polar surface area (TPSA) is 62.3 Å². The fourth-order valence-electron chi connectivity index (χ4n) is 1.84. The summed E-state index contributed by atoms with van der Waals surface area (Å²) >= 11 is 0.